The molecule has 2 aliphatic heterocycles. The number of piperidine rings is 1. The highest BCUT2D eigenvalue weighted by atomic mass is 16.2. The maximum absolute atomic E-state index is 11.9. The summed E-state index contributed by atoms with van der Waals surface area (Å²) < 4.78 is 0. The van der Waals surface area contributed by atoms with Crippen LogP contribution in [0.3, 0.4) is 0 Å². The lowest BCUT2D eigenvalue weighted by Crippen LogP contribution is -2.41. The molecule has 2 unspecified atom stereocenters. The Morgan fingerprint density at radius 3 is 2.30 bits per heavy atom. The van der Waals surface area contributed by atoms with Gasteiger partial charge in [0.15, 0.2) is 0 Å². The first-order chi connectivity index (χ1) is 9.54. The van der Waals surface area contributed by atoms with Crippen LogP contribution in [0.15, 0.2) is 0 Å². The van der Waals surface area contributed by atoms with E-state index in [4.69, 9.17) is 0 Å². The van der Waals surface area contributed by atoms with Gasteiger partial charge in [-0.15, -0.1) is 0 Å². The number of amides is 2. The molecule has 0 saturated carbocycles. The highest BCUT2D eigenvalue weighted by Crippen LogP contribution is 2.32. The van der Waals surface area contributed by atoms with Crippen molar-refractivity contribution in [1.82, 2.24) is 16.0 Å². The Morgan fingerprint density at radius 2 is 1.70 bits per heavy atom. The van der Waals surface area contributed by atoms with Crippen LogP contribution < -0.4 is 16.0 Å². The van der Waals surface area contributed by atoms with E-state index in [1.807, 2.05) is 13.8 Å². The molecule has 2 amide bonds. The van der Waals surface area contributed by atoms with E-state index in [0.717, 1.165) is 12.8 Å². The molecular formula is C15H27N3O2. The van der Waals surface area contributed by atoms with Crippen molar-refractivity contribution in [3.63, 3.8) is 0 Å². The van der Waals surface area contributed by atoms with Crippen LogP contribution in [-0.2, 0) is 9.59 Å². The van der Waals surface area contributed by atoms with Crippen molar-refractivity contribution in [2.24, 2.45) is 11.8 Å². The van der Waals surface area contributed by atoms with Gasteiger partial charge in [-0.1, -0.05) is 13.8 Å². The van der Waals surface area contributed by atoms with Crippen molar-refractivity contribution >= 4 is 11.8 Å². The van der Waals surface area contributed by atoms with Crippen molar-refractivity contribution in [2.45, 2.75) is 58.0 Å². The maximum Gasteiger partial charge on any atom is 0.222 e. The molecule has 5 nitrogen and oxygen atoms in total. The predicted molar refractivity (Wildman–Crippen MR) is 78.1 cm³/mol. The van der Waals surface area contributed by atoms with Crippen LogP contribution >= 0.6 is 0 Å². The van der Waals surface area contributed by atoms with Crippen molar-refractivity contribution < 1.29 is 9.59 Å². The predicted octanol–water partition coefficient (Wildman–Crippen LogP) is 0.796. The summed E-state index contributed by atoms with van der Waals surface area (Å²) in [5, 5.41) is 9.29. The molecule has 0 spiro atoms. The first-order valence-corrected chi connectivity index (χ1v) is 7.85. The molecule has 20 heavy (non-hydrogen) atoms. The molecule has 2 bridgehead atoms. The van der Waals surface area contributed by atoms with E-state index in [1.54, 1.807) is 0 Å². The Hall–Kier alpha value is -1.10. The second kappa shape index (κ2) is 7.07. The molecule has 0 aliphatic carbocycles. The Kier molecular flexibility index (Phi) is 5.40. The minimum absolute atomic E-state index is 0.00378. The van der Waals surface area contributed by atoms with E-state index in [-0.39, 0.29) is 17.7 Å². The number of rotatable bonds is 6. The molecule has 5 heteroatoms. The highest BCUT2D eigenvalue weighted by Gasteiger charge is 2.33. The van der Waals surface area contributed by atoms with Gasteiger partial charge in [0, 0.05) is 37.5 Å². The van der Waals surface area contributed by atoms with Gasteiger partial charge >= 0.3 is 0 Å². The molecule has 3 N–H and O–H groups in total. The molecule has 2 saturated heterocycles. The van der Waals surface area contributed by atoms with E-state index in [9.17, 15) is 9.59 Å². The van der Waals surface area contributed by atoms with E-state index in [0.29, 0.717) is 37.5 Å². The molecule has 114 valence electrons. The minimum atomic E-state index is -0.00378. The third-order valence-corrected chi connectivity index (χ3v) is 4.32. The number of hydrogen-bond donors (Lipinski definition) is 3. The van der Waals surface area contributed by atoms with Gasteiger partial charge in [-0.25, -0.2) is 0 Å². The van der Waals surface area contributed by atoms with E-state index >= 15 is 0 Å². The Morgan fingerprint density at radius 1 is 1.10 bits per heavy atom. The summed E-state index contributed by atoms with van der Waals surface area (Å²) in [6, 6.07) is 1.27. The van der Waals surface area contributed by atoms with Crippen molar-refractivity contribution in [2.75, 3.05) is 13.1 Å². The largest absolute Gasteiger partial charge is 0.354 e. The van der Waals surface area contributed by atoms with E-state index in [2.05, 4.69) is 16.0 Å². The molecule has 2 rings (SSSR count). The van der Waals surface area contributed by atoms with Crippen molar-refractivity contribution in [1.29, 1.82) is 0 Å². The molecule has 2 atom stereocenters. The summed E-state index contributed by atoms with van der Waals surface area (Å²) in [5.74, 6) is 0.680. The van der Waals surface area contributed by atoms with E-state index in [1.165, 1.54) is 12.8 Å². The maximum atomic E-state index is 11.9. The van der Waals surface area contributed by atoms with Crippen LogP contribution in [0.1, 0.15) is 46.0 Å². The fraction of sp³-hybridized carbons (Fsp3) is 0.867. The van der Waals surface area contributed by atoms with Crippen LogP contribution in [0.4, 0.5) is 0 Å². The van der Waals surface area contributed by atoms with Gasteiger partial charge < -0.3 is 16.0 Å². The summed E-state index contributed by atoms with van der Waals surface area (Å²) >= 11 is 0. The van der Waals surface area contributed by atoms with Gasteiger partial charge in [0.25, 0.3) is 0 Å². The molecule has 2 fully saturated rings. The second-order valence-corrected chi connectivity index (χ2v) is 6.48. The molecule has 0 aromatic carbocycles. The van der Waals surface area contributed by atoms with Crippen LogP contribution in [0.2, 0.25) is 0 Å². The fourth-order valence-electron chi connectivity index (χ4n) is 3.27. The first kappa shape index (κ1) is 15.3. The molecular weight excluding hydrogens is 254 g/mol. The summed E-state index contributed by atoms with van der Waals surface area (Å²) in [7, 11) is 0. The summed E-state index contributed by atoms with van der Waals surface area (Å²) in [6.07, 6.45) is 5.43. The molecule has 2 aliphatic rings. The number of fused-ring (bicyclic) bond motifs is 2. The summed E-state index contributed by atoms with van der Waals surface area (Å²) in [6.45, 7) is 4.76. The molecule has 0 aromatic rings. The van der Waals surface area contributed by atoms with Crippen LogP contribution in [-0.4, -0.2) is 37.0 Å². The number of carbonyl (C=O) groups excluding carboxylic acids is 2. The van der Waals surface area contributed by atoms with Crippen LogP contribution in [0.25, 0.3) is 0 Å². The van der Waals surface area contributed by atoms with Crippen molar-refractivity contribution in [3.05, 3.63) is 0 Å². The zero-order chi connectivity index (χ0) is 14.5. The summed E-state index contributed by atoms with van der Waals surface area (Å²) in [5.41, 5.74) is 0. The van der Waals surface area contributed by atoms with Gasteiger partial charge in [-0.3, -0.25) is 9.59 Å². The lowest BCUT2D eigenvalue weighted by molar-refractivity contribution is -0.125. The van der Waals surface area contributed by atoms with Crippen LogP contribution in [0.5, 0.6) is 0 Å². The van der Waals surface area contributed by atoms with Gasteiger partial charge in [0.05, 0.1) is 0 Å². The molecule has 0 radical (unpaired) electrons. The molecule has 2 heterocycles. The Balaban J connectivity index is 1.58. The first-order valence-electron chi connectivity index (χ1n) is 7.85. The second-order valence-electron chi connectivity index (χ2n) is 6.48. The van der Waals surface area contributed by atoms with Crippen molar-refractivity contribution in [3.8, 4) is 0 Å². The normalized spacial score (nSPS) is 28.4. The SMILES string of the molecule is CC(C)C(=O)NCCNC(=O)CC1CC2CCC(C1)N2. The number of carbonyl (C=O) groups is 2. The van der Waals surface area contributed by atoms with Gasteiger partial charge in [0.2, 0.25) is 11.8 Å². The molecule has 0 aromatic heterocycles. The zero-order valence-electron chi connectivity index (χ0n) is 12.6. The lowest BCUT2D eigenvalue weighted by Gasteiger charge is -2.28. The number of nitrogens with one attached hydrogen (secondary N) is 3. The Labute approximate surface area is 121 Å². The fourth-order valence-corrected chi connectivity index (χ4v) is 3.27. The minimum Gasteiger partial charge on any atom is -0.354 e. The average Bonchev–Trinajstić information content (AvgIpc) is 2.73. The third-order valence-electron chi connectivity index (χ3n) is 4.32. The van der Waals surface area contributed by atoms with Gasteiger partial charge in [-0.2, -0.15) is 0 Å². The van der Waals surface area contributed by atoms with Gasteiger partial charge in [-0.05, 0) is 31.6 Å². The standard InChI is InChI=1S/C15H27N3O2/c1-10(2)15(20)17-6-5-16-14(19)9-11-7-12-3-4-13(8-11)18-12/h10-13,18H,3-9H2,1-2H3,(H,16,19)(H,17,20). The Bertz CT molecular complexity index is 345. The monoisotopic (exact) mass is 281 g/mol. The zero-order valence-corrected chi connectivity index (χ0v) is 12.6. The highest BCUT2D eigenvalue weighted by molar-refractivity contribution is 5.78. The third kappa shape index (κ3) is 4.47. The van der Waals surface area contributed by atoms with Gasteiger partial charge in [0.1, 0.15) is 0 Å². The topological polar surface area (TPSA) is 70.2 Å². The lowest BCUT2D eigenvalue weighted by atomic mass is 9.89. The quantitative estimate of drug-likeness (QED) is 0.631. The smallest absolute Gasteiger partial charge is 0.222 e. The van der Waals surface area contributed by atoms with E-state index < -0.39 is 0 Å². The number of hydrogen-bond acceptors (Lipinski definition) is 3. The average molecular weight is 281 g/mol. The summed E-state index contributed by atoms with van der Waals surface area (Å²) in [4.78, 5) is 23.2. The van der Waals surface area contributed by atoms with Crippen LogP contribution in [0, 0.1) is 11.8 Å².